The molecule has 0 unspecified atom stereocenters. The van der Waals surface area contributed by atoms with Crippen LogP contribution in [0.15, 0.2) is 66.7 Å². The molecule has 6 N–H and O–H groups in total. The maximum absolute atomic E-state index is 13.6. The minimum Gasteiger partial charge on any atom is -0.497 e. The number of nitrogens with one attached hydrogen (secondary N) is 3. The van der Waals surface area contributed by atoms with Crippen LogP contribution in [0.25, 0.3) is 0 Å². The van der Waals surface area contributed by atoms with E-state index in [0.717, 1.165) is 11.1 Å². The predicted molar refractivity (Wildman–Crippen MR) is 169 cm³/mol. The molecular weight excluding hydrogens is 556 g/mol. The lowest BCUT2D eigenvalue weighted by molar-refractivity contribution is 0.0830. The van der Waals surface area contributed by atoms with Gasteiger partial charge in [-0.15, -0.1) is 10.8 Å². The average Bonchev–Trinajstić information content (AvgIpc) is 3.35. The van der Waals surface area contributed by atoms with Crippen molar-refractivity contribution in [1.29, 1.82) is 0 Å². The van der Waals surface area contributed by atoms with E-state index in [1.54, 1.807) is 36.7 Å². The maximum atomic E-state index is 13.6. The number of amides is 1. The molecule has 3 aromatic rings. The number of benzene rings is 3. The SMILES string of the molecule is CCNc1cc(C(=O)N[C@@H](Cc2ccccc2)[C@H](O)CNCc2cc(OC)cc(OC)c2)cc(N2CCCS2(O)O)c1. The number of hydrogen-bond acceptors (Lipinski definition) is 9. The van der Waals surface area contributed by atoms with E-state index in [2.05, 4.69) is 16.0 Å². The summed E-state index contributed by atoms with van der Waals surface area (Å²) in [6.07, 6.45) is 0.189. The summed E-state index contributed by atoms with van der Waals surface area (Å²) in [5.41, 5.74) is 3.56. The van der Waals surface area contributed by atoms with Crippen LogP contribution in [-0.4, -0.2) is 71.9 Å². The summed E-state index contributed by atoms with van der Waals surface area (Å²) in [7, 11) is 0.270. The normalized spacial score (nSPS) is 16.4. The molecule has 4 rings (SSSR count). The minimum atomic E-state index is -2.92. The van der Waals surface area contributed by atoms with Crippen LogP contribution in [0.2, 0.25) is 0 Å². The molecule has 0 aliphatic carbocycles. The summed E-state index contributed by atoms with van der Waals surface area (Å²) in [6.45, 7) is 3.79. The summed E-state index contributed by atoms with van der Waals surface area (Å²) in [4.78, 5) is 13.6. The van der Waals surface area contributed by atoms with Gasteiger partial charge < -0.3 is 30.5 Å². The Morgan fingerprint density at radius 3 is 2.33 bits per heavy atom. The molecule has 1 amide bonds. The number of rotatable bonds is 14. The van der Waals surface area contributed by atoms with Gasteiger partial charge in [0.15, 0.2) is 0 Å². The van der Waals surface area contributed by atoms with Crippen molar-refractivity contribution >= 4 is 28.1 Å². The fraction of sp³-hybridized carbons (Fsp3) is 0.387. The summed E-state index contributed by atoms with van der Waals surface area (Å²) >= 11 is 0. The lowest BCUT2D eigenvalue weighted by Gasteiger charge is -2.38. The van der Waals surface area contributed by atoms with E-state index >= 15 is 0 Å². The number of aliphatic hydroxyl groups is 1. The molecule has 228 valence electrons. The van der Waals surface area contributed by atoms with Crippen molar-refractivity contribution in [1.82, 2.24) is 10.6 Å². The van der Waals surface area contributed by atoms with Gasteiger partial charge in [-0.2, -0.15) is 0 Å². The van der Waals surface area contributed by atoms with E-state index in [1.807, 2.05) is 55.5 Å². The summed E-state index contributed by atoms with van der Waals surface area (Å²) < 4.78 is 33.4. The summed E-state index contributed by atoms with van der Waals surface area (Å²) in [6, 6.07) is 19.9. The van der Waals surface area contributed by atoms with Crippen LogP contribution in [0.3, 0.4) is 0 Å². The third-order valence-corrected chi connectivity index (χ3v) is 9.09. The van der Waals surface area contributed by atoms with Crippen LogP contribution < -0.4 is 29.7 Å². The van der Waals surface area contributed by atoms with E-state index in [9.17, 15) is 19.0 Å². The fourth-order valence-corrected chi connectivity index (χ4v) is 6.63. The Bertz CT molecular complexity index is 1300. The Labute approximate surface area is 249 Å². The van der Waals surface area contributed by atoms with Gasteiger partial charge in [0, 0.05) is 43.5 Å². The number of nitrogens with zero attached hydrogens (tertiary/aromatic N) is 1. The number of carbonyl (C=O) groups is 1. The van der Waals surface area contributed by atoms with Crippen molar-refractivity contribution in [3.8, 4) is 11.5 Å². The zero-order valence-electron chi connectivity index (χ0n) is 24.4. The first-order valence-electron chi connectivity index (χ1n) is 14.1. The highest BCUT2D eigenvalue weighted by atomic mass is 32.3. The van der Waals surface area contributed by atoms with Crippen molar-refractivity contribution in [2.75, 3.05) is 49.2 Å². The highest BCUT2D eigenvalue weighted by Crippen LogP contribution is 2.51. The molecule has 0 saturated carbocycles. The maximum Gasteiger partial charge on any atom is 0.251 e. The number of hydrogen-bond donors (Lipinski definition) is 6. The molecule has 1 aliphatic rings. The monoisotopic (exact) mass is 598 g/mol. The highest BCUT2D eigenvalue weighted by molar-refractivity contribution is 8.25. The first-order valence-corrected chi connectivity index (χ1v) is 15.8. The molecular formula is C31H42N4O6S. The van der Waals surface area contributed by atoms with Crippen molar-refractivity contribution in [2.45, 2.75) is 38.5 Å². The molecule has 1 heterocycles. The van der Waals surface area contributed by atoms with Gasteiger partial charge in [0.25, 0.3) is 5.91 Å². The lowest BCUT2D eigenvalue weighted by Crippen LogP contribution is -2.48. The number of aliphatic hydroxyl groups excluding tert-OH is 1. The van der Waals surface area contributed by atoms with Gasteiger partial charge in [-0.05, 0) is 61.2 Å². The van der Waals surface area contributed by atoms with E-state index in [-0.39, 0.29) is 12.5 Å². The van der Waals surface area contributed by atoms with Crippen molar-refractivity contribution in [3.63, 3.8) is 0 Å². The van der Waals surface area contributed by atoms with Gasteiger partial charge >= 0.3 is 0 Å². The van der Waals surface area contributed by atoms with Gasteiger partial charge in [-0.25, -0.2) is 0 Å². The van der Waals surface area contributed by atoms with Crippen LogP contribution in [0, 0.1) is 0 Å². The molecule has 0 radical (unpaired) electrons. The zero-order chi connectivity index (χ0) is 30.1. The van der Waals surface area contributed by atoms with Crippen LogP contribution in [0.5, 0.6) is 11.5 Å². The zero-order valence-corrected chi connectivity index (χ0v) is 25.2. The predicted octanol–water partition coefficient (Wildman–Crippen LogP) is 4.50. The van der Waals surface area contributed by atoms with E-state index in [0.29, 0.717) is 66.7 Å². The van der Waals surface area contributed by atoms with Crippen molar-refractivity contribution in [2.24, 2.45) is 0 Å². The van der Waals surface area contributed by atoms with E-state index in [4.69, 9.17) is 9.47 Å². The molecule has 1 fully saturated rings. The molecule has 0 spiro atoms. The molecule has 1 aliphatic heterocycles. The van der Waals surface area contributed by atoms with E-state index < -0.39 is 22.9 Å². The largest absolute Gasteiger partial charge is 0.497 e. The quantitative estimate of drug-likeness (QED) is 0.159. The second-order valence-corrected chi connectivity index (χ2v) is 12.4. The van der Waals surface area contributed by atoms with Gasteiger partial charge in [0.1, 0.15) is 11.5 Å². The number of ether oxygens (including phenoxy) is 2. The van der Waals surface area contributed by atoms with Crippen LogP contribution in [-0.2, 0) is 13.0 Å². The smallest absolute Gasteiger partial charge is 0.251 e. The van der Waals surface area contributed by atoms with Crippen LogP contribution in [0.4, 0.5) is 11.4 Å². The average molecular weight is 599 g/mol. The first kappa shape index (κ1) is 31.5. The van der Waals surface area contributed by atoms with E-state index in [1.165, 1.54) is 0 Å². The molecule has 10 nitrogen and oxygen atoms in total. The summed E-state index contributed by atoms with van der Waals surface area (Å²) in [5, 5.41) is 20.8. The highest BCUT2D eigenvalue weighted by Gasteiger charge is 2.30. The molecule has 11 heteroatoms. The Hall–Kier alpha value is -3.48. The number of methoxy groups -OCH3 is 2. The molecule has 3 aromatic carbocycles. The Kier molecular flexibility index (Phi) is 10.9. The third kappa shape index (κ3) is 8.30. The lowest BCUT2D eigenvalue weighted by atomic mass is 10.00. The van der Waals surface area contributed by atoms with Gasteiger partial charge in [-0.1, -0.05) is 30.3 Å². The fourth-order valence-electron chi connectivity index (χ4n) is 5.03. The molecule has 1 saturated heterocycles. The topological polar surface area (TPSA) is 136 Å². The summed E-state index contributed by atoms with van der Waals surface area (Å²) in [5.74, 6) is 1.30. The minimum absolute atomic E-state index is 0.231. The van der Waals surface area contributed by atoms with Gasteiger partial charge in [-0.3, -0.25) is 18.2 Å². The number of carbonyl (C=O) groups excluding carboxylic acids is 1. The second-order valence-electron chi connectivity index (χ2n) is 10.3. The molecule has 0 bridgehead atoms. The standard InChI is InChI=1S/C31H42N4O6S/c1-4-33-25-16-24(17-26(18-25)35-11-8-12-42(35,38)39)31(37)34-29(15-22-9-6-5-7-10-22)30(36)21-32-20-23-13-27(40-2)19-28(14-23)41-3/h5-7,9-10,13-14,16-19,29-30,32-33,36,38-39H,4,8,11-12,15,20-21H2,1-3H3,(H,34,37)/t29-,30+/m0/s1. The van der Waals surface area contributed by atoms with Crippen molar-refractivity contribution < 1.29 is 28.5 Å². The third-order valence-electron chi connectivity index (χ3n) is 7.15. The molecule has 0 aromatic heterocycles. The first-order chi connectivity index (χ1) is 20.2. The second kappa shape index (κ2) is 14.6. The molecule has 2 atom stereocenters. The van der Waals surface area contributed by atoms with Crippen LogP contribution >= 0.6 is 10.8 Å². The van der Waals surface area contributed by atoms with Gasteiger partial charge in [0.2, 0.25) is 0 Å². The van der Waals surface area contributed by atoms with Crippen molar-refractivity contribution in [3.05, 3.63) is 83.4 Å². The Balaban J connectivity index is 1.51. The number of anilines is 2. The van der Waals surface area contributed by atoms with Gasteiger partial charge in [0.05, 0.1) is 37.8 Å². The Morgan fingerprint density at radius 2 is 1.71 bits per heavy atom. The Morgan fingerprint density at radius 1 is 1.00 bits per heavy atom. The molecule has 42 heavy (non-hydrogen) atoms. The van der Waals surface area contributed by atoms with Crippen LogP contribution in [0.1, 0.15) is 34.8 Å².